The molecule has 0 heterocycles. The van der Waals surface area contributed by atoms with Crippen molar-refractivity contribution in [3.63, 3.8) is 0 Å². The van der Waals surface area contributed by atoms with Crippen LogP contribution in [-0.2, 0) is 83.1 Å². The molecule has 0 bridgehead atoms. The van der Waals surface area contributed by atoms with Crippen molar-refractivity contribution >= 4 is 0 Å². The second kappa shape index (κ2) is 42.0. The van der Waals surface area contributed by atoms with E-state index < -0.39 is 83.1 Å². The van der Waals surface area contributed by atoms with Crippen LogP contribution < -0.4 is 13.3 Å². The van der Waals surface area contributed by atoms with Gasteiger partial charge in [0.2, 0.25) is 0 Å². The van der Waals surface area contributed by atoms with Gasteiger partial charge in [0, 0.05) is 0 Å². The van der Waals surface area contributed by atoms with Crippen LogP contribution >= 0.6 is 0 Å². The Morgan fingerprint density at radius 3 is 0.349 bits per heavy atom. The average molecular weight is 2010 g/mol. The van der Waals surface area contributed by atoms with E-state index in [0.29, 0.717) is 23.0 Å². The van der Waals surface area contributed by atoms with E-state index in [0.717, 1.165) is 111 Å². The van der Waals surface area contributed by atoms with Crippen molar-refractivity contribution in [1.29, 1.82) is 0 Å². The van der Waals surface area contributed by atoms with Crippen molar-refractivity contribution < 1.29 is 31.4 Å². The first kappa shape index (κ1) is 109. The molecule has 0 unspecified atom stereocenters. The van der Waals surface area contributed by atoms with E-state index in [2.05, 4.69) is 610 Å². The molecule has 5 heteroatoms. The van der Waals surface area contributed by atoms with E-state index in [1.807, 2.05) is 0 Å². The molecule has 0 aliphatic heterocycles. The van der Waals surface area contributed by atoms with Gasteiger partial charge < -0.3 is 0 Å². The first-order valence-electron chi connectivity index (χ1n) is 54.6. The molecule has 0 aliphatic rings. The van der Waals surface area contributed by atoms with Gasteiger partial charge in [-0.2, -0.15) is 0 Å². The first-order chi connectivity index (χ1) is 70.3. The second-order valence-corrected chi connectivity index (χ2v) is 52.6. The maximum absolute atomic E-state index is 9.81. The van der Waals surface area contributed by atoms with Crippen LogP contribution in [0.4, 0.5) is 0 Å². The zero-order chi connectivity index (χ0) is 107. The van der Waals surface area contributed by atoms with Crippen molar-refractivity contribution in [2.45, 2.75) is 310 Å². The summed E-state index contributed by atoms with van der Waals surface area (Å²) in [5, 5.41) is 0. The van der Waals surface area contributed by atoms with Gasteiger partial charge in [0.15, 0.2) is 0 Å². The summed E-state index contributed by atoms with van der Waals surface area (Å²) in [6, 6.07) is 145. The molecule has 0 atom stereocenters. The Kier molecular flexibility index (Phi) is 30.8. The number of benzene rings is 16. The molecule has 0 fully saturated rings. The van der Waals surface area contributed by atoms with Gasteiger partial charge >= 0.3 is 909 Å². The molecular formula is C144H164O4Ti. The van der Waals surface area contributed by atoms with Crippen LogP contribution in [0.2, 0.25) is 0 Å². The van der Waals surface area contributed by atoms with Crippen LogP contribution in [0.25, 0.3) is 0 Å². The first-order valence-corrected chi connectivity index (χ1v) is 57.2. The Hall–Kier alpha value is -12.6. The maximum atomic E-state index is 9.81. The van der Waals surface area contributed by atoms with Crippen LogP contribution in [0.1, 0.15) is 401 Å². The molecule has 768 valence electrons. The molecule has 0 amide bonds. The van der Waals surface area contributed by atoms with Crippen molar-refractivity contribution in [3.8, 4) is 23.0 Å². The molecule has 0 aliphatic carbocycles. The van der Waals surface area contributed by atoms with Gasteiger partial charge in [-0.15, -0.1) is 0 Å². The van der Waals surface area contributed by atoms with E-state index in [4.69, 9.17) is 0 Å². The zero-order valence-electron chi connectivity index (χ0n) is 95.4. The van der Waals surface area contributed by atoms with Gasteiger partial charge in [0.05, 0.1) is 0 Å². The fraction of sp³-hybridized carbons (Fsp3) is 0.333. The number of hydrogen-bond acceptors (Lipinski definition) is 4. The predicted molar refractivity (Wildman–Crippen MR) is 627 cm³/mol. The van der Waals surface area contributed by atoms with E-state index in [-0.39, 0.29) is 23.7 Å². The molecule has 16 rings (SSSR count). The third-order valence-electron chi connectivity index (χ3n) is 34.2. The predicted octanol–water partition coefficient (Wildman–Crippen LogP) is 38.5. The van der Waals surface area contributed by atoms with Crippen LogP contribution in [0.5, 0.6) is 23.0 Å². The van der Waals surface area contributed by atoms with Gasteiger partial charge in [-0.05, 0) is 0 Å². The topological polar surface area (TPSA) is 36.9 Å². The summed E-state index contributed by atoms with van der Waals surface area (Å²) in [5.41, 5.74) is 23.2. The molecule has 0 spiro atoms. The minimum atomic E-state index is -6.93. The Morgan fingerprint density at radius 2 is 0.242 bits per heavy atom. The van der Waals surface area contributed by atoms with E-state index >= 15 is 0 Å². The van der Waals surface area contributed by atoms with Crippen molar-refractivity contribution in [2.24, 2.45) is 0 Å². The number of rotatable bonds is 36. The standard InChI is InChI=1S/4C36H42O.Ti/c4*1-25(2)31-30(37)24-29(34(3,4)26-18-12-9-13-19-26)32(35(5,6)27-20-14-10-15-21-27)33(31)36(7,8)28-22-16-11-17-23-28;/h4*9-25,37H,1-8H3;/q;;;;+4/p-4. The average Bonchev–Trinajstić information content (AvgIpc) is 0.713. The van der Waals surface area contributed by atoms with Gasteiger partial charge in [-0.25, -0.2) is 0 Å². The molecule has 0 N–H and O–H groups in total. The van der Waals surface area contributed by atoms with Crippen LogP contribution in [0, 0.1) is 0 Å². The molecular weight excluding hydrogens is 1840 g/mol. The van der Waals surface area contributed by atoms with Gasteiger partial charge in [0.25, 0.3) is 0 Å². The third kappa shape index (κ3) is 20.4. The Bertz CT molecular complexity index is 6430. The van der Waals surface area contributed by atoms with Crippen molar-refractivity contribution in [1.82, 2.24) is 0 Å². The second-order valence-electron chi connectivity index (χ2n) is 49.8. The normalized spacial score (nSPS) is 13.1. The van der Waals surface area contributed by atoms with E-state index in [1.54, 1.807) is 0 Å². The number of hydrogen-bond donors (Lipinski definition) is 0. The Morgan fingerprint density at radius 1 is 0.141 bits per heavy atom. The summed E-state index contributed by atoms with van der Waals surface area (Å²) >= 11 is -6.93. The fourth-order valence-corrected chi connectivity index (χ4v) is 28.3. The van der Waals surface area contributed by atoms with E-state index in [9.17, 15) is 13.3 Å². The monoisotopic (exact) mass is 2010 g/mol. The summed E-state index contributed by atoms with van der Waals surface area (Å²) in [5.74, 6) is 1.47. The summed E-state index contributed by atoms with van der Waals surface area (Å²) in [7, 11) is 0. The molecule has 16 aromatic rings. The van der Waals surface area contributed by atoms with Gasteiger partial charge in [0.1, 0.15) is 0 Å². The van der Waals surface area contributed by atoms with Gasteiger partial charge in [-0.1, -0.05) is 0 Å². The molecule has 0 saturated carbocycles. The molecule has 0 radical (unpaired) electrons. The zero-order valence-corrected chi connectivity index (χ0v) is 97.0. The van der Waals surface area contributed by atoms with E-state index in [1.165, 1.54) is 44.5 Å². The van der Waals surface area contributed by atoms with Gasteiger partial charge in [-0.3, -0.25) is 0 Å². The summed E-state index contributed by atoms with van der Waals surface area (Å²) < 4.78 is 39.2. The SMILES string of the molecule is CC(C)c1c([O][Ti]([O]c2cc(C(C)(C)c3ccccc3)c(C(C)(C)c3ccccc3)c(C(C)(C)c3ccccc3)c2C(C)C)([O]c2cc(C(C)(C)c3ccccc3)c(C(C)(C)c3ccccc3)c(C(C)(C)c3ccccc3)c2C(C)C)[O]c2cc(C(C)(C)c3ccccc3)c(C(C)(C)c3ccccc3)c(C(C)(C)c3ccccc3)c2C(C)C)cc(C(C)(C)c2ccccc2)c(C(C)(C)c2ccccc2)c1C(C)(C)c1ccccc1. The fourth-order valence-electron chi connectivity index (χ4n) is 25.2. The van der Waals surface area contributed by atoms with Crippen molar-refractivity contribution in [2.75, 3.05) is 0 Å². The third-order valence-corrected chi connectivity index (χ3v) is 37.1. The Labute approximate surface area is 901 Å². The molecule has 0 saturated heterocycles. The quantitative estimate of drug-likeness (QED) is 0.0367. The van der Waals surface area contributed by atoms with Crippen molar-refractivity contribution in [3.05, 3.63) is 544 Å². The Balaban J connectivity index is 1.25. The summed E-state index contributed by atoms with van der Waals surface area (Å²) in [4.78, 5) is 0. The molecule has 0 aromatic heterocycles. The van der Waals surface area contributed by atoms with Crippen LogP contribution in [0.15, 0.2) is 388 Å². The van der Waals surface area contributed by atoms with Crippen LogP contribution in [0.3, 0.4) is 0 Å². The summed E-state index contributed by atoms with van der Waals surface area (Å²) in [6.45, 7) is 78.1. The molecule has 16 aromatic carbocycles. The summed E-state index contributed by atoms with van der Waals surface area (Å²) in [6.07, 6.45) is 0. The molecule has 4 nitrogen and oxygen atoms in total. The minimum absolute atomic E-state index is 0.255. The van der Waals surface area contributed by atoms with Crippen LogP contribution in [-0.4, -0.2) is 0 Å². The molecule has 149 heavy (non-hydrogen) atoms.